The van der Waals surface area contributed by atoms with Crippen molar-refractivity contribution in [2.75, 3.05) is 6.54 Å². The number of aliphatic hydroxyl groups is 2. The Morgan fingerprint density at radius 3 is 2.06 bits per heavy atom. The molecule has 0 aromatic carbocycles. The van der Waals surface area contributed by atoms with Crippen LogP contribution in [0.4, 0.5) is 0 Å². The molecule has 3 unspecified atom stereocenters. The zero-order chi connectivity index (χ0) is 12.4. The molecule has 3 atom stereocenters. The third kappa shape index (κ3) is 8.01. The van der Waals surface area contributed by atoms with Gasteiger partial charge in [-0.05, 0) is 45.1 Å². The average molecular weight is 234 g/mol. The van der Waals surface area contributed by atoms with E-state index in [1.54, 1.807) is 0 Å². The summed E-state index contributed by atoms with van der Waals surface area (Å²) in [7, 11) is 0. The van der Waals surface area contributed by atoms with E-state index >= 15 is 0 Å². The Hall–Kier alpha value is -0.200. The molecule has 0 heterocycles. The molecule has 5 nitrogen and oxygen atoms in total. The van der Waals surface area contributed by atoms with E-state index in [0.717, 1.165) is 6.42 Å². The van der Waals surface area contributed by atoms with Crippen molar-refractivity contribution < 1.29 is 15.1 Å². The van der Waals surface area contributed by atoms with Crippen molar-refractivity contribution in [1.29, 1.82) is 0 Å². The Morgan fingerprint density at radius 2 is 1.56 bits per heavy atom. The molecular weight excluding hydrogens is 208 g/mol. The van der Waals surface area contributed by atoms with Crippen LogP contribution in [0.5, 0.6) is 0 Å². The van der Waals surface area contributed by atoms with E-state index in [-0.39, 0.29) is 12.2 Å². The first-order valence-corrected chi connectivity index (χ1v) is 6.05. The minimum Gasteiger partial charge on any atom is -0.393 e. The maximum Gasteiger partial charge on any atom is 0.0800 e. The molecule has 0 radical (unpaired) electrons. The summed E-state index contributed by atoms with van der Waals surface area (Å²) in [5, 5.41) is 19.0. The maximum absolute atomic E-state index is 9.67. The van der Waals surface area contributed by atoms with Crippen LogP contribution in [0.25, 0.3) is 0 Å². The molecule has 0 aliphatic carbocycles. The minimum atomic E-state index is -0.392. The first kappa shape index (κ1) is 15.8. The van der Waals surface area contributed by atoms with Gasteiger partial charge in [-0.1, -0.05) is 6.92 Å². The molecule has 0 spiro atoms. The standard InChI is InChI=1S/C11H26N2O3/c1-2-9(14)3-4-10(15)5-6-11(16-13)7-8-12/h9-11,14-15H,2-8,12-13H2,1H3. The van der Waals surface area contributed by atoms with Crippen LogP contribution in [0.15, 0.2) is 0 Å². The van der Waals surface area contributed by atoms with Gasteiger partial charge in [0.2, 0.25) is 0 Å². The van der Waals surface area contributed by atoms with Crippen LogP contribution in [-0.2, 0) is 4.84 Å². The summed E-state index contributed by atoms with van der Waals surface area (Å²) in [5.41, 5.74) is 5.40. The van der Waals surface area contributed by atoms with Gasteiger partial charge in [-0.25, -0.2) is 5.90 Å². The van der Waals surface area contributed by atoms with Crippen LogP contribution in [-0.4, -0.2) is 35.1 Å². The zero-order valence-electron chi connectivity index (χ0n) is 10.1. The molecular formula is C11H26N2O3. The van der Waals surface area contributed by atoms with Crippen molar-refractivity contribution in [3.05, 3.63) is 0 Å². The highest BCUT2D eigenvalue weighted by Gasteiger charge is 2.12. The van der Waals surface area contributed by atoms with Gasteiger partial charge in [0.25, 0.3) is 0 Å². The summed E-state index contributed by atoms with van der Waals surface area (Å²) >= 11 is 0. The van der Waals surface area contributed by atoms with E-state index < -0.39 is 6.10 Å². The SMILES string of the molecule is CCC(O)CCC(O)CCC(CCN)ON. The summed E-state index contributed by atoms with van der Waals surface area (Å²) in [6.45, 7) is 2.46. The second-order valence-corrected chi connectivity index (χ2v) is 4.21. The fourth-order valence-electron chi connectivity index (χ4n) is 1.58. The Balaban J connectivity index is 3.58. The second kappa shape index (κ2) is 9.99. The molecule has 0 fully saturated rings. The second-order valence-electron chi connectivity index (χ2n) is 4.21. The Labute approximate surface area is 97.7 Å². The van der Waals surface area contributed by atoms with Gasteiger partial charge in [0.1, 0.15) is 0 Å². The normalized spacial score (nSPS) is 17.1. The fourth-order valence-corrected chi connectivity index (χ4v) is 1.58. The highest BCUT2D eigenvalue weighted by molar-refractivity contribution is 4.65. The lowest BCUT2D eigenvalue weighted by Gasteiger charge is -2.17. The van der Waals surface area contributed by atoms with Gasteiger partial charge in [0.05, 0.1) is 18.3 Å². The summed E-state index contributed by atoms with van der Waals surface area (Å²) < 4.78 is 0. The van der Waals surface area contributed by atoms with Crippen LogP contribution in [0.1, 0.15) is 45.4 Å². The minimum absolute atomic E-state index is 0.0734. The van der Waals surface area contributed by atoms with E-state index in [9.17, 15) is 10.2 Å². The number of nitrogens with two attached hydrogens (primary N) is 2. The largest absolute Gasteiger partial charge is 0.393 e. The van der Waals surface area contributed by atoms with Crippen molar-refractivity contribution in [3.63, 3.8) is 0 Å². The Morgan fingerprint density at radius 1 is 1.00 bits per heavy atom. The van der Waals surface area contributed by atoms with Gasteiger partial charge in [-0.15, -0.1) is 0 Å². The molecule has 0 aromatic rings. The van der Waals surface area contributed by atoms with Crippen molar-refractivity contribution in [3.8, 4) is 0 Å². The zero-order valence-corrected chi connectivity index (χ0v) is 10.1. The van der Waals surface area contributed by atoms with E-state index in [0.29, 0.717) is 38.6 Å². The average Bonchev–Trinajstić information content (AvgIpc) is 2.31. The van der Waals surface area contributed by atoms with Crippen molar-refractivity contribution in [1.82, 2.24) is 0 Å². The predicted octanol–water partition coefficient (Wildman–Crippen LogP) is 0.286. The highest BCUT2D eigenvalue weighted by atomic mass is 16.6. The van der Waals surface area contributed by atoms with Gasteiger partial charge >= 0.3 is 0 Å². The summed E-state index contributed by atoms with van der Waals surface area (Å²) in [6.07, 6.45) is 3.27. The van der Waals surface area contributed by atoms with Crippen LogP contribution in [0.3, 0.4) is 0 Å². The summed E-state index contributed by atoms with van der Waals surface area (Å²) in [4.78, 5) is 4.75. The van der Waals surface area contributed by atoms with E-state index in [2.05, 4.69) is 0 Å². The lowest BCUT2D eigenvalue weighted by atomic mass is 10.0. The van der Waals surface area contributed by atoms with Crippen LogP contribution < -0.4 is 11.6 Å². The number of rotatable bonds is 10. The summed E-state index contributed by atoms with van der Waals surface area (Å²) in [5.74, 6) is 5.11. The first-order chi connectivity index (χ1) is 7.63. The molecule has 0 aromatic heterocycles. The van der Waals surface area contributed by atoms with Gasteiger partial charge in [0.15, 0.2) is 0 Å². The van der Waals surface area contributed by atoms with E-state index in [1.807, 2.05) is 6.92 Å². The molecule has 0 aliphatic rings. The van der Waals surface area contributed by atoms with Crippen LogP contribution in [0, 0.1) is 0 Å². The number of hydrogen-bond acceptors (Lipinski definition) is 5. The molecule has 0 aliphatic heterocycles. The van der Waals surface area contributed by atoms with Crippen molar-refractivity contribution in [2.24, 2.45) is 11.6 Å². The first-order valence-electron chi connectivity index (χ1n) is 6.05. The maximum atomic E-state index is 9.67. The Bertz CT molecular complexity index is 158. The summed E-state index contributed by atoms with van der Waals surface area (Å²) in [6, 6.07) is 0. The molecule has 0 saturated carbocycles. The molecule has 5 heteroatoms. The van der Waals surface area contributed by atoms with Gasteiger partial charge in [0, 0.05) is 0 Å². The lowest BCUT2D eigenvalue weighted by Crippen LogP contribution is -2.23. The van der Waals surface area contributed by atoms with Crippen molar-refractivity contribution >= 4 is 0 Å². The highest BCUT2D eigenvalue weighted by Crippen LogP contribution is 2.12. The van der Waals surface area contributed by atoms with Gasteiger partial charge < -0.3 is 20.8 Å². The molecule has 0 bridgehead atoms. The van der Waals surface area contributed by atoms with Crippen molar-refractivity contribution in [2.45, 2.75) is 63.8 Å². The molecule has 0 rings (SSSR count). The molecule has 0 amide bonds. The molecule has 16 heavy (non-hydrogen) atoms. The third-order valence-corrected chi connectivity index (χ3v) is 2.81. The van der Waals surface area contributed by atoms with Crippen LogP contribution in [0.2, 0.25) is 0 Å². The monoisotopic (exact) mass is 234 g/mol. The Kier molecular flexibility index (Phi) is 9.86. The van der Waals surface area contributed by atoms with Gasteiger partial charge in [-0.3, -0.25) is 0 Å². The molecule has 0 saturated heterocycles. The third-order valence-electron chi connectivity index (χ3n) is 2.81. The quantitative estimate of drug-likeness (QED) is 0.407. The van der Waals surface area contributed by atoms with Crippen LogP contribution >= 0.6 is 0 Å². The topological polar surface area (TPSA) is 102 Å². The smallest absolute Gasteiger partial charge is 0.0800 e. The molecule has 98 valence electrons. The lowest BCUT2D eigenvalue weighted by molar-refractivity contribution is 0.0276. The number of aliphatic hydroxyl groups excluding tert-OH is 2. The fraction of sp³-hybridized carbons (Fsp3) is 1.00. The van der Waals surface area contributed by atoms with Gasteiger partial charge in [-0.2, -0.15) is 0 Å². The molecule has 6 N–H and O–H groups in total. The predicted molar refractivity (Wildman–Crippen MR) is 63.5 cm³/mol. The van der Waals surface area contributed by atoms with E-state index in [1.165, 1.54) is 0 Å². The van der Waals surface area contributed by atoms with E-state index in [4.69, 9.17) is 16.5 Å². The number of hydrogen-bond donors (Lipinski definition) is 4.